The number of benzene rings is 3. The quantitative estimate of drug-likeness (QED) is 0.105. The van der Waals surface area contributed by atoms with E-state index in [1.165, 1.54) is 14.2 Å². The molecule has 243 valence electrons. The second kappa shape index (κ2) is 16.3. The molecular formula is C36H28CuN4O6Ti. The van der Waals surface area contributed by atoms with Crippen LogP contribution in [0.25, 0.3) is 55.0 Å². The van der Waals surface area contributed by atoms with Gasteiger partial charge in [-0.25, -0.2) is 19.6 Å². The summed E-state index contributed by atoms with van der Waals surface area (Å²) >= 11 is -2.00. The normalized spacial score (nSPS) is 10.2. The standard InChI is InChI=1S/C22H16N2O4.C14H12N2.Cu.2O.Ti/c1-27-21(25)15-11-19(23-17-9-5-3-7-13(15)17)20-12-16(22(26)28-2)14-8-4-6-10-18(14)24-20;1-9-3-5-11-7-8-12-6-4-10(2)16-14(12)13(11)15-9;;;;/h3-12H,1-2H3;3-8H,1-2H3;;;;. The minimum absolute atomic E-state index is 0. The molecule has 0 aliphatic heterocycles. The van der Waals surface area contributed by atoms with Crippen molar-refractivity contribution in [2.45, 2.75) is 13.8 Å². The van der Waals surface area contributed by atoms with Gasteiger partial charge in [0, 0.05) is 50.0 Å². The number of fused-ring (bicyclic) bond motifs is 5. The maximum atomic E-state index is 12.3. The maximum absolute atomic E-state index is 12.3. The van der Waals surface area contributed by atoms with Crippen LogP contribution in [0.3, 0.4) is 0 Å². The fourth-order valence-corrected chi connectivity index (χ4v) is 5.13. The van der Waals surface area contributed by atoms with Crippen LogP contribution in [0.1, 0.15) is 32.1 Å². The van der Waals surface area contributed by atoms with E-state index in [1.54, 1.807) is 12.1 Å². The second-order valence-electron chi connectivity index (χ2n) is 10.3. The van der Waals surface area contributed by atoms with E-state index in [9.17, 15) is 9.59 Å². The van der Waals surface area contributed by atoms with Crippen molar-refractivity contribution in [3.8, 4) is 11.4 Å². The number of aromatic nitrogens is 4. The molecule has 12 heteroatoms. The molecule has 0 fully saturated rings. The molecule has 0 saturated heterocycles. The molecule has 7 aromatic rings. The van der Waals surface area contributed by atoms with Crippen molar-refractivity contribution in [2.75, 3.05) is 14.2 Å². The van der Waals surface area contributed by atoms with E-state index in [2.05, 4.69) is 44.2 Å². The first-order valence-corrected chi connectivity index (χ1v) is 15.6. The summed E-state index contributed by atoms with van der Waals surface area (Å²) in [6, 6.07) is 30.3. The van der Waals surface area contributed by atoms with Crippen LogP contribution in [0.15, 0.2) is 97.1 Å². The van der Waals surface area contributed by atoms with Crippen molar-refractivity contribution >= 4 is 55.6 Å². The van der Waals surface area contributed by atoms with E-state index < -0.39 is 31.0 Å². The Labute approximate surface area is 295 Å². The van der Waals surface area contributed by atoms with Gasteiger partial charge in [0.15, 0.2) is 0 Å². The molecule has 0 amide bonds. The molecule has 0 spiro atoms. The van der Waals surface area contributed by atoms with Gasteiger partial charge in [-0.1, -0.05) is 60.7 Å². The van der Waals surface area contributed by atoms with Crippen LogP contribution in [-0.2, 0) is 52.3 Å². The molecule has 0 atom stereocenters. The molecular weight excluding hydrogens is 696 g/mol. The Morgan fingerprint density at radius 1 is 0.562 bits per heavy atom. The zero-order valence-corrected chi connectivity index (χ0v) is 28.8. The number of pyridine rings is 4. The third-order valence-electron chi connectivity index (χ3n) is 7.30. The molecule has 4 aromatic heterocycles. The molecule has 0 saturated carbocycles. The summed E-state index contributed by atoms with van der Waals surface area (Å²) < 4.78 is 26.8. The van der Waals surface area contributed by atoms with Crippen molar-refractivity contribution in [1.29, 1.82) is 0 Å². The van der Waals surface area contributed by atoms with E-state index in [0.29, 0.717) is 44.3 Å². The molecule has 4 heterocycles. The van der Waals surface area contributed by atoms with E-state index in [4.69, 9.17) is 16.1 Å². The number of esters is 2. The zero-order chi connectivity index (χ0) is 33.5. The Hall–Kier alpha value is -4.93. The minimum atomic E-state index is -2.00. The van der Waals surface area contributed by atoms with Crippen LogP contribution in [0.4, 0.5) is 0 Å². The van der Waals surface area contributed by atoms with Gasteiger partial charge in [0.2, 0.25) is 0 Å². The number of carbonyl (C=O) groups excluding carboxylic acids is 2. The number of ether oxygens (including phenoxy) is 2. The molecule has 0 N–H and O–H groups in total. The first-order valence-electron chi connectivity index (χ1n) is 14.4. The summed E-state index contributed by atoms with van der Waals surface area (Å²) in [5, 5.41) is 3.67. The van der Waals surface area contributed by atoms with E-state index in [0.717, 1.165) is 33.2 Å². The van der Waals surface area contributed by atoms with Crippen molar-refractivity contribution in [2.24, 2.45) is 0 Å². The molecule has 0 unspecified atom stereocenters. The van der Waals surface area contributed by atoms with E-state index >= 15 is 0 Å². The molecule has 7 rings (SSSR count). The van der Waals surface area contributed by atoms with Gasteiger partial charge in [-0.3, -0.25) is 9.97 Å². The Morgan fingerprint density at radius 3 is 1.29 bits per heavy atom. The van der Waals surface area contributed by atoms with Gasteiger partial charge in [-0.05, 0) is 50.2 Å². The van der Waals surface area contributed by atoms with E-state index in [1.807, 2.05) is 74.5 Å². The van der Waals surface area contributed by atoms with Crippen LogP contribution in [-0.4, -0.2) is 46.1 Å². The van der Waals surface area contributed by atoms with Gasteiger partial charge in [0.25, 0.3) is 0 Å². The number of carbonyl (C=O) groups is 2. The summed E-state index contributed by atoms with van der Waals surface area (Å²) in [6.07, 6.45) is 0. The monoisotopic (exact) mass is 723 g/mol. The third kappa shape index (κ3) is 7.78. The predicted octanol–water partition coefficient (Wildman–Crippen LogP) is 7.18. The van der Waals surface area contributed by atoms with Crippen molar-refractivity contribution in [3.63, 3.8) is 0 Å². The average Bonchev–Trinajstić information content (AvgIpc) is 3.10. The van der Waals surface area contributed by atoms with Crippen LogP contribution in [0.2, 0.25) is 0 Å². The van der Waals surface area contributed by atoms with Gasteiger partial charge >= 0.3 is 37.7 Å². The number of hydrogen-bond donors (Lipinski definition) is 0. The Kier molecular flexibility index (Phi) is 12.2. The summed E-state index contributed by atoms with van der Waals surface area (Å²) in [7, 11) is 2.67. The second-order valence-corrected chi connectivity index (χ2v) is 10.6. The van der Waals surface area contributed by atoms with Gasteiger partial charge in [-0.2, -0.15) is 0 Å². The molecule has 10 nitrogen and oxygen atoms in total. The van der Waals surface area contributed by atoms with Crippen LogP contribution in [0.5, 0.6) is 0 Å². The first-order chi connectivity index (χ1) is 22.8. The Morgan fingerprint density at radius 2 is 0.917 bits per heavy atom. The Bertz CT molecular complexity index is 2190. The zero-order valence-electron chi connectivity index (χ0n) is 26.3. The third-order valence-corrected chi connectivity index (χ3v) is 7.30. The van der Waals surface area contributed by atoms with Crippen LogP contribution >= 0.6 is 0 Å². The van der Waals surface area contributed by atoms with Gasteiger partial charge in [0.05, 0.1) is 58.8 Å². The predicted molar refractivity (Wildman–Crippen MR) is 173 cm³/mol. The number of methoxy groups -OCH3 is 2. The fraction of sp³-hybridized carbons (Fsp3) is 0.111. The topological polar surface area (TPSA) is 138 Å². The molecule has 48 heavy (non-hydrogen) atoms. The van der Waals surface area contributed by atoms with Crippen molar-refractivity contribution in [3.05, 3.63) is 120 Å². The summed E-state index contributed by atoms with van der Waals surface area (Å²) in [6.45, 7) is 4.02. The van der Waals surface area contributed by atoms with E-state index in [-0.39, 0.29) is 17.1 Å². The van der Waals surface area contributed by atoms with Crippen LogP contribution < -0.4 is 0 Å². The SMILES string of the molecule is COC(=O)c1cc(-c2cc(C(=O)OC)c3ccccc3n2)nc2ccccc12.Cc1ccc2ccc3ccc(C)nc3c2n1.[Cu].[O]=[Ti]=[O]. The molecule has 0 aliphatic rings. The van der Waals surface area contributed by atoms with Crippen molar-refractivity contribution < 1.29 is 61.9 Å². The Balaban J connectivity index is 0.000000220. The number of hydrogen-bond acceptors (Lipinski definition) is 10. The summed E-state index contributed by atoms with van der Waals surface area (Å²) in [5.74, 6) is -0.928. The average molecular weight is 724 g/mol. The number of rotatable bonds is 3. The van der Waals surface area contributed by atoms with Crippen LogP contribution in [0, 0.1) is 13.8 Å². The number of para-hydroxylation sites is 2. The van der Waals surface area contributed by atoms with Gasteiger partial charge in [-0.15, -0.1) is 0 Å². The fourth-order valence-electron chi connectivity index (χ4n) is 5.13. The summed E-state index contributed by atoms with van der Waals surface area (Å²) in [5.41, 5.74) is 7.04. The molecule has 0 aliphatic carbocycles. The van der Waals surface area contributed by atoms with Gasteiger partial charge in [0.1, 0.15) is 0 Å². The molecule has 0 bridgehead atoms. The molecule has 1 radical (unpaired) electrons. The first kappa shape index (κ1) is 35.9. The number of aryl methyl sites for hydroxylation is 2. The van der Waals surface area contributed by atoms with Crippen molar-refractivity contribution in [1.82, 2.24) is 19.9 Å². The molecule has 3 aromatic carbocycles. The number of nitrogens with zero attached hydrogens (tertiary/aromatic N) is 4. The van der Waals surface area contributed by atoms with Gasteiger partial charge < -0.3 is 9.47 Å². The summed E-state index contributed by atoms with van der Waals surface area (Å²) in [4.78, 5) is 43.0.